The largest absolute Gasteiger partial charge is 0.469 e. The minimum absolute atomic E-state index is 0.0591. The minimum atomic E-state index is -0.970. The van der Waals surface area contributed by atoms with Gasteiger partial charge >= 0.3 is 5.97 Å². The number of Topliss-reactive ketones (excluding diaryl/α,β-unsaturated/α-hetero) is 1. The van der Waals surface area contributed by atoms with Crippen molar-refractivity contribution in [2.24, 2.45) is 5.92 Å². The average molecular weight is 593 g/mol. The minimum Gasteiger partial charge on any atom is -0.469 e. The number of carbonyl (C=O) groups excluding carboxylic acids is 6. The highest BCUT2D eigenvalue weighted by Crippen LogP contribution is 2.19. The second-order valence-electron chi connectivity index (χ2n) is 10.6. The monoisotopic (exact) mass is 592 g/mol. The van der Waals surface area contributed by atoms with Gasteiger partial charge in [-0.2, -0.15) is 0 Å². The molecule has 3 N–H and O–H groups in total. The zero-order valence-corrected chi connectivity index (χ0v) is 24.9. The van der Waals surface area contributed by atoms with Gasteiger partial charge in [-0.1, -0.05) is 44.2 Å². The maximum absolute atomic E-state index is 13.3. The zero-order chi connectivity index (χ0) is 30.5. The number of carbonyl (C=O) groups is 6. The number of ether oxygens (including phenoxy) is 1. The third-order valence-electron chi connectivity index (χ3n) is 6.83. The van der Waals surface area contributed by atoms with Crippen molar-refractivity contribution in [2.75, 3.05) is 19.5 Å². The summed E-state index contributed by atoms with van der Waals surface area (Å²) in [6, 6.07) is 5.72. The Morgan fingerprint density at radius 3 is 2.27 bits per heavy atom. The lowest BCUT2D eigenvalue weighted by molar-refractivity contribution is -0.142. The summed E-state index contributed by atoms with van der Waals surface area (Å²) >= 11 is 5.80. The van der Waals surface area contributed by atoms with Crippen LogP contribution in [0.5, 0.6) is 0 Å². The molecule has 1 aliphatic heterocycles. The molecule has 226 valence electrons. The van der Waals surface area contributed by atoms with Gasteiger partial charge in [0.05, 0.1) is 25.5 Å². The van der Waals surface area contributed by atoms with E-state index < -0.39 is 53.8 Å². The smallest absolute Gasteiger partial charge is 0.306 e. The quantitative estimate of drug-likeness (QED) is 0.206. The molecule has 4 atom stereocenters. The van der Waals surface area contributed by atoms with E-state index in [1.54, 1.807) is 0 Å². The second-order valence-corrected chi connectivity index (χ2v) is 10.9. The number of nitrogens with one attached hydrogen (secondary N) is 3. The topological polar surface area (TPSA) is 151 Å². The van der Waals surface area contributed by atoms with Gasteiger partial charge in [-0.3, -0.25) is 28.8 Å². The van der Waals surface area contributed by atoms with E-state index in [0.717, 1.165) is 5.56 Å². The fourth-order valence-electron chi connectivity index (χ4n) is 4.67. The van der Waals surface area contributed by atoms with Crippen molar-refractivity contribution in [3.05, 3.63) is 35.9 Å². The van der Waals surface area contributed by atoms with Gasteiger partial charge in [-0.15, -0.1) is 11.6 Å². The van der Waals surface area contributed by atoms with Gasteiger partial charge in [0, 0.05) is 13.0 Å². The summed E-state index contributed by atoms with van der Waals surface area (Å²) < 4.78 is 4.54. The first-order chi connectivity index (χ1) is 19.5. The third kappa shape index (κ3) is 10.8. The lowest BCUT2D eigenvalue weighted by Gasteiger charge is -2.29. The van der Waals surface area contributed by atoms with Crippen molar-refractivity contribution < 1.29 is 33.5 Å². The number of likely N-dealkylation sites (tertiary alicyclic amines) is 1. The van der Waals surface area contributed by atoms with E-state index in [9.17, 15) is 28.8 Å². The Hall–Kier alpha value is -3.47. The Labute approximate surface area is 246 Å². The maximum Gasteiger partial charge on any atom is 0.306 e. The van der Waals surface area contributed by atoms with Crippen LogP contribution in [0.3, 0.4) is 0 Å². The first-order valence-corrected chi connectivity index (χ1v) is 14.4. The number of ketones is 1. The number of amides is 4. The maximum atomic E-state index is 13.3. The molecular formula is C29H41ClN4O7. The molecule has 41 heavy (non-hydrogen) atoms. The Morgan fingerprint density at radius 2 is 1.66 bits per heavy atom. The lowest BCUT2D eigenvalue weighted by Crippen LogP contribution is -2.57. The molecule has 1 heterocycles. The van der Waals surface area contributed by atoms with Gasteiger partial charge < -0.3 is 25.6 Å². The van der Waals surface area contributed by atoms with Crippen molar-refractivity contribution in [3.8, 4) is 0 Å². The van der Waals surface area contributed by atoms with Crippen LogP contribution in [0.4, 0.5) is 0 Å². The lowest BCUT2D eigenvalue weighted by atomic mass is 10.0. The number of methoxy groups -OCH3 is 1. The molecule has 2 rings (SSSR count). The first kappa shape index (κ1) is 33.7. The molecule has 0 saturated carbocycles. The second kappa shape index (κ2) is 16.7. The molecule has 4 unspecified atom stereocenters. The molecule has 1 saturated heterocycles. The van der Waals surface area contributed by atoms with Crippen molar-refractivity contribution in [2.45, 2.75) is 83.5 Å². The molecule has 1 aromatic carbocycles. The molecule has 1 aliphatic rings. The predicted molar refractivity (Wildman–Crippen MR) is 153 cm³/mol. The summed E-state index contributed by atoms with van der Waals surface area (Å²) in [5.74, 6) is -2.99. The van der Waals surface area contributed by atoms with Crippen LogP contribution in [0.25, 0.3) is 0 Å². The van der Waals surface area contributed by atoms with Crippen molar-refractivity contribution in [1.82, 2.24) is 20.9 Å². The highest BCUT2D eigenvalue weighted by molar-refractivity contribution is 6.28. The molecular weight excluding hydrogens is 552 g/mol. The first-order valence-electron chi connectivity index (χ1n) is 13.9. The molecule has 0 bridgehead atoms. The van der Waals surface area contributed by atoms with Crippen LogP contribution in [0.1, 0.15) is 58.4 Å². The van der Waals surface area contributed by atoms with Gasteiger partial charge in [0.25, 0.3) is 0 Å². The van der Waals surface area contributed by atoms with E-state index in [1.165, 1.54) is 18.9 Å². The standard InChI is InChI=1S/C29H41ClN4O7/c1-18(2)15-22(32-25(36)12-13-26(37)41-4)27(38)31-19(3)29(40)34-14-8-11-23(34)28(39)33-21(24(35)17-30)16-20-9-6-5-7-10-20/h5-7,9-10,18-19,21-23H,8,11-17H2,1-4H3,(H,31,38)(H,32,36)(H,33,39). The van der Waals surface area contributed by atoms with Crippen molar-refractivity contribution in [1.29, 1.82) is 0 Å². The summed E-state index contributed by atoms with van der Waals surface area (Å²) in [6.07, 6.45) is 1.34. The average Bonchev–Trinajstić information content (AvgIpc) is 3.44. The molecule has 4 amide bonds. The number of esters is 1. The number of hydrogen-bond donors (Lipinski definition) is 3. The zero-order valence-electron chi connectivity index (χ0n) is 24.1. The Balaban J connectivity index is 2.04. The summed E-state index contributed by atoms with van der Waals surface area (Å²) in [7, 11) is 1.23. The Kier molecular flexibility index (Phi) is 13.8. The van der Waals surface area contributed by atoms with Crippen LogP contribution >= 0.6 is 11.6 Å². The van der Waals surface area contributed by atoms with Crippen LogP contribution in [0, 0.1) is 5.92 Å². The molecule has 11 nitrogen and oxygen atoms in total. The molecule has 0 spiro atoms. The number of rotatable bonds is 15. The van der Waals surface area contributed by atoms with Crippen LogP contribution in [-0.4, -0.2) is 84.0 Å². The SMILES string of the molecule is COC(=O)CCC(=O)NC(CC(C)C)C(=O)NC(C)C(=O)N1CCCC1C(=O)NC(Cc1ccccc1)C(=O)CCl. The number of benzene rings is 1. The van der Waals surface area contributed by atoms with Gasteiger partial charge in [-0.25, -0.2) is 0 Å². The third-order valence-corrected chi connectivity index (χ3v) is 7.09. The summed E-state index contributed by atoms with van der Waals surface area (Å²) in [5, 5.41) is 8.07. The highest BCUT2D eigenvalue weighted by atomic mass is 35.5. The molecule has 0 aromatic heterocycles. The highest BCUT2D eigenvalue weighted by Gasteiger charge is 2.38. The number of nitrogens with zero attached hydrogens (tertiary/aromatic N) is 1. The number of hydrogen-bond acceptors (Lipinski definition) is 7. The van der Waals surface area contributed by atoms with Gasteiger partial charge in [0.2, 0.25) is 23.6 Å². The molecule has 1 fully saturated rings. The van der Waals surface area contributed by atoms with Crippen molar-refractivity contribution in [3.63, 3.8) is 0 Å². The van der Waals surface area contributed by atoms with Crippen LogP contribution in [0.2, 0.25) is 0 Å². The molecule has 1 aromatic rings. The number of halogens is 1. The van der Waals surface area contributed by atoms with Gasteiger partial charge in [0.1, 0.15) is 18.1 Å². The van der Waals surface area contributed by atoms with E-state index in [2.05, 4.69) is 20.7 Å². The fourth-order valence-corrected chi connectivity index (χ4v) is 4.86. The summed E-state index contributed by atoms with van der Waals surface area (Å²) in [6.45, 7) is 5.63. The van der Waals surface area contributed by atoms with Gasteiger partial charge in [0.15, 0.2) is 5.78 Å². The van der Waals surface area contributed by atoms with E-state index in [0.29, 0.717) is 25.8 Å². The van der Waals surface area contributed by atoms with Crippen molar-refractivity contribution >= 4 is 47.0 Å². The van der Waals surface area contributed by atoms with E-state index >= 15 is 0 Å². The molecule has 12 heteroatoms. The van der Waals surface area contributed by atoms with Crippen LogP contribution in [-0.2, 0) is 39.9 Å². The van der Waals surface area contributed by atoms with Crippen LogP contribution in [0.15, 0.2) is 30.3 Å². The Morgan fingerprint density at radius 1 is 0.976 bits per heavy atom. The van der Waals surface area contributed by atoms with Gasteiger partial charge in [-0.05, 0) is 44.1 Å². The number of alkyl halides is 1. The van der Waals surface area contributed by atoms with E-state index in [1.807, 2.05) is 44.2 Å². The summed E-state index contributed by atoms with van der Waals surface area (Å²) in [4.78, 5) is 77.2. The van der Waals surface area contributed by atoms with Crippen LogP contribution < -0.4 is 16.0 Å². The Bertz CT molecular complexity index is 1080. The predicted octanol–water partition coefficient (Wildman–Crippen LogP) is 1.50. The fraction of sp³-hybridized carbons (Fsp3) is 0.586. The van der Waals surface area contributed by atoms with E-state index in [4.69, 9.17) is 11.6 Å². The molecule has 0 radical (unpaired) electrons. The summed E-state index contributed by atoms with van der Waals surface area (Å²) in [5.41, 5.74) is 0.861. The normalized spacial score (nSPS) is 16.8. The van der Waals surface area contributed by atoms with E-state index in [-0.39, 0.29) is 36.8 Å². The molecule has 0 aliphatic carbocycles.